The number of benzene rings is 3. The monoisotopic (exact) mass is 438 g/mol. The molecule has 1 amide bonds. The second-order valence-corrected chi connectivity index (χ2v) is 9.26. The van der Waals surface area contributed by atoms with Gasteiger partial charge in [-0.1, -0.05) is 36.4 Å². The summed E-state index contributed by atoms with van der Waals surface area (Å²) in [6.07, 6.45) is 1.10. The normalized spacial score (nSPS) is 12.1. The van der Waals surface area contributed by atoms with Gasteiger partial charge in [-0.3, -0.25) is 9.10 Å². The molecular formula is C24H26N2O4S. The molecule has 0 aliphatic heterocycles. The number of carbonyl (C=O) groups is 1. The summed E-state index contributed by atoms with van der Waals surface area (Å²) in [5.41, 5.74) is 2.89. The number of ether oxygens (including phenoxy) is 1. The summed E-state index contributed by atoms with van der Waals surface area (Å²) in [6, 6.07) is 20.6. The van der Waals surface area contributed by atoms with Crippen LogP contribution in [0.2, 0.25) is 0 Å². The second kappa shape index (κ2) is 9.22. The lowest BCUT2D eigenvalue weighted by atomic mass is 10.1. The number of aryl methyl sites for hydroxylation is 2. The highest BCUT2D eigenvalue weighted by molar-refractivity contribution is 7.92. The molecule has 0 saturated heterocycles. The first-order chi connectivity index (χ1) is 14.7. The van der Waals surface area contributed by atoms with Crippen LogP contribution in [0.15, 0.2) is 72.8 Å². The van der Waals surface area contributed by atoms with Crippen molar-refractivity contribution < 1.29 is 17.9 Å². The van der Waals surface area contributed by atoms with Gasteiger partial charge in [0, 0.05) is 0 Å². The minimum Gasteiger partial charge on any atom is -0.455 e. The maximum absolute atomic E-state index is 13.1. The number of hydrogen-bond acceptors (Lipinski definition) is 4. The molecule has 31 heavy (non-hydrogen) atoms. The van der Waals surface area contributed by atoms with E-state index in [1.54, 1.807) is 43.3 Å². The van der Waals surface area contributed by atoms with Gasteiger partial charge >= 0.3 is 0 Å². The lowest BCUT2D eigenvalue weighted by Crippen LogP contribution is -2.45. The smallest absolute Gasteiger partial charge is 0.248 e. The molecule has 162 valence electrons. The van der Waals surface area contributed by atoms with Crippen molar-refractivity contribution >= 4 is 27.3 Å². The van der Waals surface area contributed by atoms with E-state index in [-0.39, 0.29) is 0 Å². The molecule has 1 N–H and O–H groups in total. The molecule has 0 bridgehead atoms. The van der Waals surface area contributed by atoms with Crippen LogP contribution in [0.25, 0.3) is 0 Å². The van der Waals surface area contributed by atoms with Gasteiger partial charge in [-0.25, -0.2) is 8.42 Å². The fourth-order valence-corrected chi connectivity index (χ4v) is 4.35. The van der Waals surface area contributed by atoms with Crippen molar-refractivity contribution in [2.24, 2.45) is 0 Å². The summed E-state index contributed by atoms with van der Waals surface area (Å²) in [5.74, 6) is 0.629. The van der Waals surface area contributed by atoms with Crippen LogP contribution in [-0.4, -0.2) is 26.6 Å². The third-order valence-corrected chi connectivity index (χ3v) is 6.19. The zero-order valence-corrected chi connectivity index (χ0v) is 18.8. The summed E-state index contributed by atoms with van der Waals surface area (Å²) < 4.78 is 32.1. The summed E-state index contributed by atoms with van der Waals surface area (Å²) in [6.45, 7) is 5.41. The first kappa shape index (κ1) is 22.4. The van der Waals surface area contributed by atoms with Crippen LogP contribution in [0.5, 0.6) is 11.5 Å². The van der Waals surface area contributed by atoms with Gasteiger partial charge in [0.1, 0.15) is 11.8 Å². The number of sulfonamides is 1. The Balaban J connectivity index is 1.87. The number of para-hydroxylation sites is 3. The Labute approximate surface area is 183 Å². The number of nitrogens with zero attached hydrogens (tertiary/aromatic N) is 1. The molecule has 0 spiro atoms. The summed E-state index contributed by atoms with van der Waals surface area (Å²) in [4.78, 5) is 13.1. The van der Waals surface area contributed by atoms with Crippen LogP contribution in [0.3, 0.4) is 0 Å². The van der Waals surface area contributed by atoms with Crippen LogP contribution in [0.4, 0.5) is 11.4 Å². The molecule has 0 aliphatic rings. The van der Waals surface area contributed by atoms with Gasteiger partial charge in [0.2, 0.25) is 15.9 Å². The quantitative estimate of drug-likeness (QED) is 0.570. The van der Waals surface area contributed by atoms with Gasteiger partial charge in [-0.2, -0.15) is 0 Å². The van der Waals surface area contributed by atoms with Crippen LogP contribution >= 0.6 is 0 Å². The molecule has 0 heterocycles. The fourth-order valence-electron chi connectivity index (χ4n) is 3.18. The minimum absolute atomic E-state index is 0.446. The number of nitrogens with one attached hydrogen (secondary N) is 1. The van der Waals surface area contributed by atoms with Gasteiger partial charge < -0.3 is 10.1 Å². The summed E-state index contributed by atoms with van der Waals surface area (Å²) in [5, 5.41) is 2.81. The van der Waals surface area contributed by atoms with Gasteiger partial charge in [0.05, 0.1) is 17.6 Å². The predicted molar refractivity (Wildman–Crippen MR) is 124 cm³/mol. The van der Waals surface area contributed by atoms with Crippen molar-refractivity contribution in [2.45, 2.75) is 26.8 Å². The molecule has 3 aromatic rings. The maximum atomic E-state index is 13.1. The first-order valence-corrected chi connectivity index (χ1v) is 11.7. The molecule has 0 unspecified atom stereocenters. The Kier molecular flexibility index (Phi) is 6.65. The van der Waals surface area contributed by atoms with Crippen LogP contribution in [0.1, 0.15) is 18.1 Å². The minimum atomic E-state index is -3.70. The maximum Gasteiger partial charge on any atom is 0.248 e. The largest absolute Gasteiger partial charge is 0.455 e. The van der Waals surface area contributed by atoms with Crippen LogP contribution in [0, 0.1) is 13.8 Å². The van der Waals surface area contributed by atoms with Crippen molar-refractivity contribution in [1.82, 2.24) is 0 Å². The number of amides is 1. The molecule has 0 aliphatic carbocycles. The molecule has 3 aromatic carbocycles. The molecule has 1 atom stereocenters. The number of carbonyl (C=O) groups excluding carboxylic acids is 1. The fraction of sp³-hybridized carbons (Fsp3) is 0.208. The topological polar surface area (TPSA) is 75.7 Å². The highest BCUT2D eigenvalue weighted by Crippen LogP contribution is 2.30. The summed E-state index contributed by atoms with van der Waals surface area (Å²) >= 11 is 0. The molecule has 6 nitrogen and oxygen atoms in total. The van der Waals surface area contributed by atoms with E-state index in [0.29, 0.717) is 22.9 Å². The lowest BCUT2D eigenvalue weighted by molar-refractivity contribution is -0.116. The van der Waals surface area contributed by atoms with E-state index < -0.39 is 22.0 Å². The van der Waals surface area contributed by atoms with Gasteiger partial charge in [0.25, 0.3) is 0 Å². The molecule has 0 saturated carbocycles. The molecular weight excluding hydrogens is 412 g/mol. The molecule has 0 fully saturated rings. The van der Waals surface area contributed by atoms with Crippen molar-refractivity contribution in [2.75, 3.05) is 15.9 Å². The Morgan fingerprint density at radius 2 is 1.58 bits per heavy atom. The SMILES string of the molecule is Cc1ccc(N([C@@H](C)C(=O)Nc2ccccc2Oc2ccccc2)S(C)(=O)=O)cc1C. The summed E-state index contributed by atoms with van der Waals surface area (Å²) in [7, 11) is -3.70. The van der Waals surface area contributed by atoms with Crippen molar-refractivity contribution in [3.63, 3.8) is 0 Å². The standard InChI is InChI=1S/C24H26N2O4S/c1-17-14-15-20(16-18(17)2)26(31(4,28)29)19(3)24(27)25-22-12-8-9-13-23(22)30-21-10-6-5-7-11-21/h5-16,19H,1-4H3,(H,25,27)/t19-/m0/s1. The van der Waals surface area contributed by atoms with E-state index in [2.05, 4.69) is 5.32 Å². The third-order valence-electron chi connectivity index (χ3n) is 4.95. The van der Waals surface area contributed by atoms with E-state index in [0.717, 1.165) is 21.7 Å². The Morgan fingerprint density at radius 1 is 0.935 bits per heavy atom. The zero-order chi connectivity index (χ0) is 22.6. The van der Waals surface area contributed by atoms with E-state index in [1.165, 1.54) is 0 Å². The number of hydrogen-bond donors (Lipinski definition) is 1. The van der Waals surface area contributed by atoms with E-state index >= 15 is 0 Å². The third kappa shape index (κ3) is 5.44. The van der Waals surface area contributed by atoms with Crippen molar-refractivity contribution in [3.05, 3.63) is 83.9 Å². The molecule has 0 aromatic heterocycles. The van der Waals surface area contributed by atoms with Gasteiger partial charge in [0.15, 0.2) is 5.75 Å². The van der Waals surface area contributed by atoms with E-state index in [9.17, 15) is 13.2 Å². The van der Waals surface area contributed by atoms with Crippen molar-refractivity contribution in [3.8, 4) is 11.5 Å². The average Bonchev–Trinajstić information content (AvgIpc) is 2.72. The van der Waals surface area contributed by atoms with Gasteiger partial charge in [-0.05, 0) is 68.3 Å². The molecule has 7 heteroatoms. The molecule has 3 rings (SSSR count). The Morgan fingerprint density at radius 3 is 2.23 bits per heavy atom. The van der Waals surface area contributed by atoms with Crippen LogP contribution < -0.4 is 14.4 Å². The highest BCUT2D eigenvalue weighted by Gasteiger charge is 2.29. The first-order valence-electron chi connectivity index (χ1n) is 9.86. The van der Waals surface area contributed by atoms with E-state index in [1.807, 2.05) is 50.2 Å². The van der Waals surface area contributed by atoms with E-state index in [4.69, 9.17) is 4.74 Å². The lowest BCUT2D eigenvalue weighted by Gasteiger charge is -2.29. The Bertz CT molecular complexity index is 1180. The highest BCUT2D eigenvalue weighted by atomic mass is 32.2. The zero-order valence-electron chi connectivity index (χ0n) is 18.0. The Hall–Kier alpha value is -3.32. The molecule has 0 radical (unpaired) electrons. The number of rotatable bonds is 7. The predicted octanol–water partition coefficient (Wildman–Crippen LogP) is 4.89. The average molecular weight is 439 g/mol. The number of anilines is 2. The second-order valence-electron chi connectivity index (χ2n) is 7.40. The van der Waals surface area contributed by atoms with Gasteiger partial charge in [-0.15, -0.1) is 0 Å². The van der Waals surface area contributed by atoms with Crippen LogP contribution in [-0.2, 0) is 14.8 Å². The van der Waals surface area contributed by atoms with Crippen molar-refractivity contribution in [1.29, 1.82) is 0 Å².